The van der Waals surface area contributed by atoms with Crippen LogP contribution in [0.25, 0.3) is 0 Å². The molecule has 8 nitrogen and oxygen atoms in total. The van der Waals surface area contributed by atoms with Gasteiger partial charge in [-0.05, 0) is 40.0 Å². The van der Waals surface area contributed by atoms with Gasteiger partial charge in [-0.25, -0.2) is 13.9 Å². The molecule has 0 saturated heterocycles. The summed E-state index contributed by atoms with van der Waals surface area (Å²) in [5, 5.41) is 6.84. The third-order valence-electron chi connectivity index (χ3n) is 4.87. The van der Waals surface area contributed by atoms with E-state index in [1.165, 1.54) is 23.0 Å². The van der Waals surface area contributed by atoms with E-state index in [1.807, 2.05) is 27.7 Å². The lowest BCUT2D eigenvalue weighted by atomic mass is 9.92. The van der Waals surface area contributed by atoms with Crippen LogP contribution >= 0.6 is 0 Å². The van der Waals surface area contributed by atoms with Gasteiger partial charge in [-0.1, -0.05) is 27.7 Å². The number of anilines is 1. The molecule has 2 amide bonds. The predicted molar refractivity (Wildman–Crippen MR) is 111 cm³/mol. The van der Waals surface area contributed by atoms with Crippen molar-refractivity contribution in [1.29, 1.82) is 0 Å². The van der Waals surface area contributed by atoms with Crippen LogP contribution in [0.3, 0.4) is 0 Å². The Kier molecular flexibility index (Phi) is 6.77. The lowest BCUT2D eigenvalue weighted by molar-refractivity contribution is 0.0165. The lowest BCUT2D eigenvalue weighted by Crippen LogP contribution is -2.32. The predicted octanol–water partition coefficient (Wildman–Crippen LogP) is 4.41. The molecule has 2 aromatic rings. The van der Waals surface area contributed by atoms with Crippen LogP contribution in [0.4, 0.5) is 14.9 Å². The zero-order valence-corrected chi connectivity index (χ0v) is 18.5. The van der Waals surface area contributed by atoms with E-state index in [0.29, 0.717) is 35.8 Å². The van der Waals surface area contributed by atoms with Crippen molar-refractivity contribution in [2.75, 3.05) is 19.0 Å². The molecule has 1 aromatic carbocycles. The summed E-state index contributed by atoms with van der Waals surface area (Å²) >= 11 is 0. The second kappa shape index (κ2) is 9.13. The van der Waals surface area contributed by atoms with Crippen LogP contribution < -0.4 is 10.1 Å². The zero-order valence-electron chi connectivity index (χ0n) is 17.6. The molecule has 164 valence electrons. The molecule has 2 heterocycles. The minimum Gasteiger partial charge on any atom is -0.476 e. The minimum atomic E-state index is -2.01. The summed E-state index contributed by atoms with van der Waals surface area (Å²) in [5.74, 6) is -0.0997. The largest absolute Gasteiger partial charge is 0.476 e. The monoisotopic (exact) mass is 437 g/mol. The summed E-state index contributed by atoms with van der Waals surface area (Å²) < 4.78 is 42.8. The Morgan fingerprint density at radius 2 is 1.97 bits per heavy atom. The highest BCUT2D eigenvalue weighted by Gasteiger charge is 2.21. The van der Waals surface area contributed by atoms with Gasteiger partial charge >= 0.3 is 6.03 Å². The molecule has 3 rings (SSSR count). The zero-order chi connectivity index (χ0) is 22.0. The molecule has 1 aliphatic rings. The Bertz CT molecular complexity index is 999. The SMILES string of the molecule is CO[C@@H]1COc2c([S-](=O)=NC(=O)Nc3c(C(C)C)cc(F)cc3C(C)C)cnn2C1. The topological polar surface area (TPSA) is 94.8 Å². The standard InChI is InChI=1S/C20H26FN4O4S/c1-11(2)15-6-13(21)7-16(12(3)4)18(15)23-20(26)24-30(27)17-8-22-25-9-14(28-5)10-29-19(17)25/h6-8,11-12,14H,9-10H2,1-5H3,(H,23,26)/q-1/t14-/m0/s1. The lowest BCUT2D eigenvalue weighted by Gasteiger charge is -2.24. The first-order valence-electron chi connectivity index (χ1n) is 9.70. The fourth-order valence-corrected chi connectivity index (χ4v) is 4.02. The number of aromatic nitrogens is 2. The Morgan fingerprint density at radius 1 is 1.33 bits per heavy atom. The van der Waals surface area contributed by atoms with E-state index in [-0.39, 0.29) is 28.7 Å². The Hall–Kier alpha value is -2.46. The summed E-state index contributed by atoms with van der Waals surface area (Å²) in [6, 6.07) is 2.02. The van der Waals surface area contributed by atoms with Gasteiger partial charge in [0, 0.05) is 19.0 Å². The van der Waals surface area contributed by atoms with E-state index in [1.54, 1.807) is 7.11 Å². The molecule has 0 fully saturated rings. The number of hydrogen-bond donors (Lipinski definition) is 1. The molecule has 1 atom stereocenters. The number of methoxy groups -OCH3 is 1. The number of fused-ring (bicyclic) bond motifs is 1. The van der Waals surface area contributed by atoms with Gasteiger partial charge in [-0.2, -0.15) is 5.10 Å². The number of halogens is 1. The van der Waals surface area contributed by atoms with Crippen molar-refractivity contribution >= 4 is 22.3 Å². The third kappa shape index (κ3) is 4.65. The first kappa shape index (κ1) is 22.2. The number of urea groups is 1. The molecular formula is C20H26FN4O4S-. The summed E-state index contributed by atoms with van der Waals surface area (Å²) in [6.45, 7) is 8.40. The van der Waals surface area contributed by atoms with Crippen molar-refractivity contribution in [2.24, 2.45) is 4.36 Å². The highest BCUT2D eigenvalue weighted by atomic mass is 32.2. The van der Waals surface area contributed by atoms with Crippen LogP contribution in [0.1, 0.15) is 50.7 Å². The number of ether oxygens (including phenoxy) is 2. The van der Waals surface area contributed by atoms with Crippen LogP contribution in [0, 0.1) is 5.82 Å². The highest BCUT2D eigenvalue weighted by Crippen LogP contribution is 2.34. The molecule has 1 N–H and O–H groups in total. The number of nitrogens with zero attached hydrogens (tertiary/aromatic N) is 3. The molecule has 0 radical (unpaired) electrons. The molecule has 0 bridgehead atoms. The van der Waals surface area contributed by atoms with Crippen LogP contribution in [0.15, 0.2) is 27.6 Å². The van der Waals surface area contributed by atoms with E-state index in [0.717, 1.165) is 0 Å². The van der Waals surface area contributed by atoms with Crippen molar-refractivity contribution in [1.82, 2.24) is 9.78 Å². The van der Waals surface area contributed by atoms with Gasteiger partial charge in [-0.3, -0.25) is 0 Å². The maximum absolute atomic E-state index is 14.1. The molecule has 0 spiro atoms. The van der Waals surface area contributed by atoms with Gasteiger partial charge in [0.05, 0.1) is 6.54 Å². The maximum Gasteiger partial charge on any atom is 0.322 e. The first-order valence-corrected chi connectivity index (χ1v) is 10.8. The van der Waals surface area contributed by atoms with Crippen LogP contribution in [-0.2, 0) is 26.1 Å². The minimum absolute atomic E-state index is 0.0242. The van der Waals surface area contributed by atoms with Crippen molar-refractivity contribution in [3.63, 3.8) is 0 Å². The fraction of sp³-hybridized carbons (Fsp3) is 0.500. The van der Waals surface area contributed by atoms with Gasteiger partial charge in [0.1, 0.15) is 18.5 Å². The Morgan fingerprint density at radius 3 is 2.53 bits per heavy atom. The van der Waals surface area contributed by atoms with E-state index < -0.39 is 16.6 Å². The third-order valence-corrected chi connectivity index (χ3v) is 5.86. The normalized spacial score (nSPS) is 17.1. The fourth-order valence-electron chi connectivity index (χ4n) is 3.27. The second-order valence-electron chi connectivity index (χ2n) is 7.70. The van der Waals surface area contributed by atoms with Crippen molar-refractivity contribution < 1.29 is 22.9 Å². The molecular weight excluding hydrogens is 411 g/mol. The quantitative estimate of drug-likeness (QED) is 0.699. The van der Waals surface area contributed by atoms with Gasteiger partial charge in [-0.15, -0.1) is 10.6 Å². The number of carbonyl (C=O) groups is 1. The number of amides is 2. The van der Waals surface area contributed by atoms with Gasteiger partial charge in [0.15, 0.2) is 5.88 Å². The number of carbonyl (C=O) groups excluding carboxylic acids is 1. The molecule has 10 heteroatoms. The van der Waals surface area contributed by atoms with Crippen LogP contribution in [0.5, 0.6) is 5.88 Å². The second-order valence-corrected chi connectivity index (χ2v) is 8.82. The first-order chi connectivity index (χ1) is 14.2. The molecule has 30 heavy (non-hydrogen) atoms. The molecule has 0 unspecified atom stereocenters. The highest BCUT2D eigenvalue weighted by molar-refractivity contribution is 7.75. The van der Waals surface area contributed by atoms with E-state index >= 15 is 0 Å². The molecule has 1 aliphatic heterocycles. The summed E-state index contributed by atoms with van der Waals surface area (Å²) in [5.41, 5.74) is 1.82. The van der Waals surface area contributed by atoms with E-state index in [2.05, 4.69) is 14.8 Å². The van der Waals surface area contributed by atoms with Crippen molar-refractivity contribution in [2.45, 2.75) is 57.1 Å². The molecule has 0 aliphatic carbocycles. The number of hydrogen-bond acceptors (Lipinski definition) is 6. The van der Waals surface area contributed by atoms with Gasteiger partial charge in [0.2, 0.25) is 0 Å². The van der Waals surface area contributed by atoms with Crippen molar-refractivity contribution in [3.05, 3.63) is 35.3 Å². The number of nitrogens with one attached hydrogen (secondary N) is 1. The molecule has 0 saturated carbocycles. The Balaban J connectivity index is 1.89. The average Bonchev–Trinajstić information content (AvgIpc) is 3.11. The van der Waals surface area contributed by atoms with Crippen LogP contribution in [-0.4, -0.2) is 35.6 Å². The van der Waals surface area contributed by atoms with Crippen molar-refractivity contribution in [3.8, 4) is 5.88 Å². The van der Waals surface area contributed by atoms with E-state index in [4.69, 9.17) is 9.47 Å². The Labute approximate surface area is 177 Å². The van der Waals surface area contributed by atoms with E-state index in [9.17, 15) is 13.4 Å². The number of rotatable bonds is 5. The summed E-state index contributed by atoms with van der Waals surface area (Å²) in [7, 11) is -0.431. The van der Waals surface area contributed by atoms with Crippen LogP contribution in [0.2, 0.25) is 0 Å². The average molecular weight is 438 g/mol. The van der Waals surface area contributed by atoms with Gasteiger partial charge < -0.3 is 23.4 Å². The summed E-state index contributed by atoms with van der Waals surface area (Å²) in [4.78, 5) is 12.8. The molecule has 1 aromatic heterocycles. The summed E-state index contributed by atoms with van der Waals surface area (Å²) in [6.07, 6.45) is 1.22. The number of benzene rings is 1. The maximum atomic E-state index is 14.1. The smallest absolute Gasteiger partial charge is 0.322 e. The van der Waals surface area contributed by atoms with Gasteiger partial charge in [0.25, 0.3) is 0 Å².